The van der Waals surface area contributed by atoms with Gasteiger partial charge in [-0.2, -0.15) is 5.26 Å². The highest BCUT2D eigenvalue weighted by Gasteiger charge is 2.40. The van der Waals surface area contributed by atoms with Crippen LogP contribution in [0.4, 0.5) is 0 Å². The Kier molecular flexibility index (Phi) is 8.97. The van der Waals surface area contributed by atoms with Gasteiger partial charge in [0.25, 0.3) is 0 Å². The molecular weight excluding hydrogens is 480 g/mol. The highest BCUT2D eigenvalue weighted by atomic mass is 79.9. The van der Waals surface area contributed by atoms with Gasteiger partial charge < -0.3 is 0 Å². The molecule has 0 heterocycles. The number of benzene rings is 3. The molecule has 1 saturated carbocycles. The standard InChI is InChI=1S/C31H35BrN2/c32-30-19-17-29(18-20-30)31(25-33,28-15-8-3-9-16-28)21-10-22-34(23-26-11-4-1-5-12-26)24-27-13-6-2-7-14-27/h1-2,4-7,11-14,17-20,28H,3,8-10,15-16,21-24H2. The van der Waals surface area contributed by atoms with Crippen molar-refractivity contribution in [3.63, 3.8) is 0 Å². The molecule has 0 spiro atoms. The molecule has 0 N–H and O–H groups in total. The summed E-state index contributed by atoms with van der Waals surface area (Å²) >= 11 is 3.58. The molecule has 1 unspecified atom stereocenters. The van der Waals surface area contributed by atoms with Crippen LogP contribution in [0.1, 0.15) is 61.6 Å². The molecule has 0 aliphatic heterocycles. The molecule has 3 heteroatoms. The zero-order chi connectivity index (χ0) is 23.6. The number of nitrogens with zero attached hydrogens (tertiary/aromatic N) is 2. The zero-order valence-corrected chi connectivity index (χ0v) is 21.6. The number of halogens is 1. The van der Waals surface area contributed by atoms with Crippen LogP contribution in [0.3, 0.4) is 0 Å². The van der Waals surface area contributed by atoms with Crippen molar-refractivity contribution in [2.24, 2.45) is 5.92 Å². The maximum atomic E-state index is 10.6. The summed E-state index contributed by atoms with van der Waals surface area (Å²) in [5.74, 6) is 0.448. The minimum atomic E-state index is -0.397. The van der Waals surface area contributed by atoms with Crippen LogP contribution in [0.25, 0.3) is 0 Å². The van der Waals surface area contributed by atoms with Gasteiger partial charge >= 0.3 is 0 Å². The van der Waals surface area contributed by atoms with Crippen LogP contribution in [0.15, 0.2) is 89.4 Å². The van der Waals surface area contributed by atoms with Gasteiger partial charge in [0.1, 0.15) is 0 Å². The molecule has 1 aliphatic rings. The summed E-state index contributed by atoms with van der Waals surface area (Å²) < 4.78 is 1.07. The van der Waals surface area contributed by atoms with Crippen molar-refractivity contribution in [1.82, 2.24) is 4.90 Å². The monoisotopic (exact) mass is 514 g/mol. The Morgan fingerprint density at radius 1 is 0.794 bits per heavy atom. The fourth-order valence-corrected chi connectivity index (χ4v) is 5.88. The summed E-state index contributed by atoms with van der Waals surface area (Å²) in [4.78, 5) is 2.54. The Labute approximate surface area is 213 Å². The predicted octanol–water partition coefficient (Wildman–Crippen LogP) is 8.27. The summed E-state index contributed by atoms with van der Waals surface area (Å²) in [6.07, 6.45) is 8.07. The average molecular weight is 516 g/mol. The largest absolute Gasteiger partial charge is 0.295 e. The van der Waals surface area contributed by atoms with Crippen molar-refractivity contribution in [3.8, 4) is 6.07 Å². The molecule has 1 atom stereocenters. The Hall–Kier alpha value is -2.41. The molecule has 34 heavy (non-hydrogen) atoms. The quantitative estimate of drug-likeness (QED) is 0.272. The normalized spacial score (nSPS) is 16.1. The first-order chi connectivity index (χ1) is 16.7. The summed E-state index contributed by atoms with van der Waals surface area (Å²) in [6, 6.07) is 32.9. The van der Waals surface area contributed by atoms with Crippen molar-refractivity contribution in [2.75, 3.05) is 6.54 Å². The van der Waals surface area contributed by atoms with E-state index in [0.29, 0.717) is 5.92 Å². The Balaban J connectivity index is 1.52. The van der Waals surface area contributed by atoms with E-state index in [9.17, 15) is 5.26 Å². The topological polar surface area (TPSA) is 27.0 Å². The smallest absolute Gasteiger partial charge is 0.0850 e. The van der Waals surface area contributed by atoms with Gasteiger partial charge in [-0.25, -0.2) is 0 Å². The van der Waals surface area contributed by atoms with Gasteiger partial charge in [0.05, 0.1) is 11.5 Å². The van der Waals surface area contributed by atoms with Gasteiger partial charge in [-0.05, 0) is 67.0 Å². The number of hydrogen-bond donors (Lipinski definition) is 0. The molecule has 1 fully saturated rings. The predicted molar refractivity (Wildman–Crippen MR) is 144 cm³/mol. The molecule has 3 aromatic rings. The first-order valence-corrected chi connectivity index (χ1v) is 13.5. The summed E-state index contributed by atoms with van der Waals surface area (Å²) in [6.45, 7) is 2.84. The Morgan fingerprint density at radius 3 is 1.88 bits per heavy atom. The van der Waals surface area contributed by atoms with Gasteiger partial charge in [0.15, 0.2) is 0 Å². The molecule has 0 radical (unpaired) electrons. The van der Waals surface area contributed by atoms with Crippen molar-refractivity contribution >= 4 is 15.9 Å². The third-order valence-electron chi connectivity index (χ3n) is 7.40. The van der Waals surface area contributed by atoms with Crippen molar-refractivity contribution < 1.29 is 0 Å². The second kappa shape index (κ2) is 12.3. The first kappa shape index (κ1) is 24.7. The van der Waals surface area contributed by atoms with Crippen LogP contribution in [-0.4, -0.2) is 11.4 Å². The summed E-state index contributed by atoms with van der Waals surface area (Å²) in [5.41, 5.74) is 3.48. The number of hydrogen-bond acceptors (Lipinski definition) is 2. The lowest BCUT2D eigenvalue weighted by molar-refractivity contribution is 0.207. The van der Waals surface area contributed by atoms with E-state index in [0.717, 1.165) is 36.9 Å². The zero-order valence-electron chi connectivity index (χ0n) is 20.0. The van der Waals surface area contributed by atoms with Crippen molar-refractivity contribution in [2.45, 2.75) is 63.5 Å². The van der Waals surface area contributed by atoms with Crippen LogP contribution < -0.4 is 0 Å². The van der Waals surface area contributed by atoms with Crippen LogP contribution in [0.2, 0.25) is 0 Å². The highest BCUT2D eigenvalue weighted by molar-refractivity contribution is 9.10. The van der Waals surface area contributed by atoms with Crippen LogP contribution in [-0.2, 0) is 18.5 Å². The van der Waals surface area contributed by atoms with E-state index in [1.165, 1.54) is 48.8 Å². The lowest BCUT2D eigenvalue weighted by atomic mass is 9.63. The number of rotatable bonds is 10. The van der Waals surface area contributed by atoms with Gasteiger partial charge in [-0.3, -0.25) is 4.90 Å². The van der Waals surface area contributed by atoms with Gasteiger partial charge in [-0.15, -0.1) is 0 Å². The third-order valence-corrected chi connectivity index (χ3v) is 7.93. The molecule has 1 aliphatic carbocycles. The van der Waals surface area contributed by atoms with Gasteiger partial charge in [0.2, 0.25) is 0 Å². The van der Waals surface area contributed by atoms with Crippen molar-refractivity contribution in [1.29, 1.82) is 5.26 Å². The molecule has 0 bridgehead atoms. The Bertz CT molecular complexity index is 995. The van der Waals surface area contributed by atoms with Gasteiger partial charge in [0, 0.05) is 17.6 Å². The third kappa shape index (κ3) is 6.38. The van der Waals surface area contributed by atoms with Gasteiger partial charge in [-0.1, -0.05) is 108 Å². The fourth-order valence-electron chi connectivity index (χ4n) is 5.62. The molecule has 3 aromatic carbocycles. The molecular formula is C31H35BrN2. The molecule has 0 amide bonds. The van der Waals surface area contributed by atoms with E-state index < -0.39 is 5.41 Å². The lowest BCUT2D eigenvalue weighted by Gasteiger charge is -2.38. The second-order valence-corrected chi connectivity index (χ2v) is 10.6. The molecule has 0 saturated heterocycles. The van der Waals surface area contributed by atoms with E-state index in [1.807, 2.05) is 0 Å². The van der Waals surface area contributed by atoms with E-state index >= 15 is 0 Å². The minimum absolute atomic E-state index is 0.397. The van der Waals surface area contributed by atoms with Crippen molar-refractivity contribution in [3.05, 3.63) is 106 Å². The summed E-state index contributed by atoms with van der Waals surface area (Å²) in [5, 5.41) is 10.6. The van der Waals surface area contributed by atoms with E-state index in [4.69, 9.17) is 0 Å². The highest BCUT2D eigenvalue weighted by Crippen LogP contribution is 2.44. The SMILES string of the molecule is N#CC(CCCN(Cc1ccccc1)Cc1ccccc1)(c1ccc(Br)cc1)C1CCCCC1. The molecule has 176 valence electrons. The Morgan fingerprint density at radius 2 is 1.35 bits per heavy atom. The summed E-state index contributed by atoms with van der Waals surface area (Å²) in [7, 11) is 0. The molecule has 0 aromatic heterocycles. The lowest BCUT2D eigenvalue weighted by Crippen LogP contribution is -2.36. The first-order valence-electron chi connectivity index (χ1n) is 12.7. The number of nitriles is 1. The molecule has 2 nitrogen and oxygen atoms in total. The van der Waals surface area contributed by atoms with Crippen LogP contribution in [0.5, 0.6) is 0 Å². The minimum Gasteiger partial charge on any atom is -0.295 e. The molecule has 4 rings (SSSR count). The maximum Gasteiger partial charge on any atom is 0.0850 e. The van der Waals surface area contributed by atoms with E-state index in [2.05, 4.69) is 112 Å². The fraction of sp³-hybridized carbons (Fsp3) is 0.387. The van der Waals surface area contributed by atoms with Crippen LogP contribution in [0, 0.1) is 17.2 Å². The van der Waals surface area contributed by atoms with E-state index in [-0.39, 0.29) is 0 Å². The average Bonchev–Trinajstić information content (AvgIpc) is 2.89. The van der Waals surface area contributed by atoms with E-state index in [1.54, 1.807) is 0 Å². The second-order valence-electron chi connectivity index (χ2n) is 9.71. The van der Waals surface area contributed by atoms with Crippen LogP contribution >= 0.6 is 15.9 Å². The maximum absolute atomic E-state index is 10.6.